The normalized spacial score (nSPS) is 19.4. The second-order valence-electron chi connectivity index (χ2n) is 5.64. The predicted octanol–water partition coefficient (Wildman–Crippen LogP) is 2.88. The molecule has 1 heterocycles. The van der Waals surface area contributed by atoms with Gasteiger partial charge in [-0.25, -0.2) is 4.98 Å². The second kappa shape index (κ2) is 7.59. The number of ether oxygens (including phenoxy) is 1. The van der Waals surface area contributed by atoms with E-state index in [0.717, 1.165) is 22.7 Å². The molecule has 24 heavy (non-hydrogen) atoms. The van der Waals surface area contributed by atoms with Gasteiger partial charge in [-0.05, 0) is 37.6 Å². The van der Waals surface area contributed by atoms with Crippen LogP contribution in [0.1, 0.15) is 23.8 Å². The third-order valence-corrected chi connectivity index (χ3v) is 4.76. The topological polar surface area (TPSA) is 71.5 Å². The van der Waals surface area contributed by atoms with Gasteiger partial charge < -0.3 is 15.2 Å². The van der Waals surface area contributed by atoms with E-state index in [1.165, 1.54) is 11.3 Å². The van der Waals surface area contributed by atoms with Crippen LogP contribution >= 0.6 is 11.3 Å². The highest BCUT2D eigenvalue weighted by atomic mass is 32.1. The highest BCUT2D eigenvalue weighted by Crippen LogP contribution is 2.26. The minimum Gasteiger partial charge on any atom is -0.494 e. The fraction of sp³-hybridized carbons (Fsp3) is 0.333. The van der Waals surface area contributed by atoms with Crippen molar-refractivity contribution in [1.82, 2.24) is 10.3 Å². The number of aromatic nitrogens is 1. The van der Waals surface area contributed by atoms with Crippen LogP contribution in [0.4, 0.5) is 0 Å². The van der Waals surface area contributed by atoms with E-state index >= 15 is 0 Å². The molecule has 0 unspecified atom stereocenters. The van der Waals surface area contributed by atoms with Gasteiger partial charge in [0.2, 0.25) is 0 Å². The summed E-state index contributed by atoms with van der Waals surface area (Å²) in [7, 11) is 0. The fourth-order valence-electron chi connectivity index (χ4n) is 2.63. The van der Waals surface area contributed by atoms with Crippen molar-refractivity contribution in [2.75, 3.05) is 13.2 Å². The summed E-state index contributed by atoms with van der Waals surface area (Å²) in [6.45, 7) is 2.69. The molecule has 3 rings (SSSR count). The molecule has 6 heteroatoms. The van der Waals surface area contributed by atoms with Gasteiger partial charge in [0, 0.05) is 29.5 Å². The first-order chi connectivity index (χ1) is 11.7. The van der Waals surface area contributed by atoms with E-state index in [4.69, 9.17) is 9.84 Å². The van der Waals surface area contributed by atoms with Crippen molar-refractivity contribution in [3.63, 3.8) is 0 Å². The van der Waals surface area contributed by atoms with Crippen LogP contribution in [-0.2, 0) is 0 Å². The van der Waals surface area contributed by atoms with Gasteiger partial charge in [0.1, 0.15) is 16.5 Å². The van der Waals surface area contributed by atoms with Crippen LogP contribution in [0.15, 0.2) is 41.8 Å². The molecule has 0 saturated carbocycles. The summed E-state index contributed by atoms with van der Waals surface area (Å²) in [4.78, 5) is 16.7. The molecule has 126 valence electrons. The minimum atomic E-state index is -0.184. The van der Waals surface area contributed by atoms with Crippen molar-refractivity contribution in [3.05, 3.63) is 47.5 Å². The monoisotopic (exact) mass is 344 g/mol. The van der Waals surface area contributed by atoms with Crippen LogP contribution < -0.4 is 10.1 Å². The molecule has 2 N–H and O–H groups in total. The average molecular weight is 344 g/mol. The smallest absolute Gasteiger partial charge is 0.271 e. The Morgan fingerprint density at radius 1 is 1.38 bits per heavy atom. The fourth-order valence-corrected chi connectivity index (χ4v) is 3.44. The molecule has 0 fully saturated rings. The largest absolute Gasteiger partial charge is 0.494 e. The number of aliphatic hydroxyl groups excluding tert-OH is 1. The molecular formula is C18H20N2O3S. The van der Waals surface area contributed by atoms with Crippen molar-refractivity contribution in [2.45, 2.75) is 19.4 Å². The minimum absolute atomic E-state index is 0.0368. The zero-order valence-electron chi connectivity index (χ0n) is 13.4. The lowest BCUT2D eigenvalue weighted by molar-refractivity contribution is 0.0937. The first kappa shape index (κ1) is 16.7. The zero-order valence-corrected chi connectivity index (χ0v) is 14.3. The van der Waals surface area contributed by atoms with Gasteiger partial charge in [0.25, 0.3) is 5.91 Å². The van der Waals surface area contributed by atoms with Gasteiger partial charge in [-0.3, -0.25) is 4.79 Å². The molecule has 1 aliphatic carbocycles. The molecule has 2 aromatic rings. The Balaban J connectivity index is 1.64. The quantitative estimate of drug-likeness (QED) is 0.791. The Labute approximate surface area is 145 Å². The van der Waals surface area contributed by atoms with E-state index in [2.05, 4.69) is 10.3 Å². The molecule has 0 bridgehead atoms. The number of rotatable bonds is 6. The predicted molar refractivity (Wildman–Crippen MR) is 94.3 cm³/mol. The molecule has 5 nitrogen and oxygen atoms in total. The van der Waals surface area contributed by atoms with E-state index in [-0.39, 0.29) is 24.5 Å². The lowest BCUT2D eigenvalue weighted by Gasteiger charge is -2.11. The number of thiazole rings is 1. The zero-order chi connectivity index (χ0) is 16.9. The Hall–Kier alpha value is -2.18. The number of carbonyl (C=O) groups excluding carboxylic acids is 1. The average Bonchev–Trinajstić information content (AvgIpc) is 3.25. The number of aliphatic hydroxyl groups is 1. The number of amides is 1. The molecule has 1 amide bonds. The molecule has 0 saturated heterocycles. The van der Waals surface area contributed by atoms with Crippen LogP contribution in [0.3, 0.4) is 0 Å². The van der Waals surface area contributed by atoms with Gasteiger partial charge in [-0.15, -0.1) is 11.3 Å². The first-order valence-corrected chi connectivity index (χ1v) is 8.86. The maximum absolute atomic E-state index is 12.3. The van der Waals surface area contributed by atoms with E-state index in [9.17, 15) is 4.79 Å². The summed E-state index contributed by atoms with van der Waals surface area (Å²) in [6.07, 6.45) is 4.61. The van der Waals surface area contributed by atoms with Gasteiger partial charge in [-0.2, -0.15) is 0 Å². The Bertz CT molecular complexity index is 724. The molecule has 0 spiro atoms. The first-order valence-electron chi connectivity index (χ1n) is 7.98. The second-order valence-corrected chi connectivity index (χ2v) is 6.50. The van der Waals surface area contributed by atoms with Crippen molar-refractivity contribution >= 4 is 17.2 Å². The summed E-state index contributed by atoms with van der Waals surface area (Å²) in [6, 6.07) is 7.65. The summed E-state index contributed by atoms with van der Waals surface area (Å²) >= 11 is 1.44. The van der Waals surface area contributed by atoms with Gasteiger partial charge in [0.15, 0.2) is 0 Å². The van der Waals surface area contributed by atoms with Crippen molar-refractivity contribution in [1.29, 1.82) is 0 Å². The summed E-state index contributed by atoms with van der Waals surface area (Å²) in [5.41, 5.74) is 1.38. The maximum Gasteiger partial charge on any atom is 0.271 e. The summed E-state index contributed by atoms with van der Waals surface area (Å²) in [5, 5.41) is 14.6. The SMILES string of the molecule is CCOc1ccc(-c2nc(C(=O)N[C@@H]3C=C[C@H](CO)C3)cs2)cc1. The highest BCUT2D eigenvalue weighted by Gasteiger charge is 2.21. The van der Waals surface area contributed by atoms with E-state index in [1.54, 1.807) is 5.38 Å². The van der Waals surface area contributed by atoms with Crippen molar-refractivity contribution < 1.29 is 14.6 Å². The van der Waals surface area contributed by atoms with Gasteiger partial charge >= 0.3 is 0 Å². The molecular weight excluding hydrogens is 324 g/mol. The van der Waals surface area contributed by atoms with E-state index in [1.807, 2.05) is 43.3 Å². The number of nitrogens with zero attached hydrogens (tertiary/aromatic N) is 1. The third-order valence-electron chi connectivity index (χ3n) is 3.87. The molecule has 2 atom stereocenters. The van der Waals surface area contributed by atoms with Crippen LogP contribution in [-0.4, -0.2) is 35.3 Å². The summed E-state index contributed by atoms with van der Waals surface area (Å²) in [5.74, 6) is 0.768. The lowest BCUT2D eigenvalue weighted by Crippen LogP contribution is -2.33. The number of nitrogens with one attached hydrogen (secondary N) is 1. The van der Waals surface area contributed by atoms with Crippen molar-refractivity contribution in [2.24, 2.45) is 5.92 Å². The standard InChI is InChI=1S/C18H20N2O3S/c1-2-23-15-7-4-13(5-8-15)18-20-16(11-24-18)17(22)19-14-6-3-12(9-14)10-21/h3-8,11-12,14,21H,2,9-10H2,1H3,(H,19,22)/t12-,14+/m0/s1. The Morgan fingerprint density at radius 2 is 2.17 bits per heavy atom. The maximum atomic E-state index is 12.3. The molecule has 0 radical (unpaired) electrons. The molecule has 1 aromatic heterocycles. The third kappa shape index (κ3) is 3.83. The number of hydrogen-bond donors (Lipinski definition) is 2. The number of benzene rings is 1. The van der Waals surface area contributed by atoms with Crippen LogP contribution in [0, 0.1) is 5.92 Å². The van der Waals surface area contributed by atoms with Gasteiger partial charge in [-0.1, -0.05) is 12.2 Å². The number of carbonyl (C=O) groups is 1. The molecule has 1 aliphatic rings. The number of hydrogen-bond acceptors (Lipinski definition) is 5. The van der Waals surface area contributed by atoms with Crippen LogP contribution in [0.2, 0.25) is 0 Å². The van der Waals surface area contributed by atoms with Crippen LogP contribution in [0.25, 0.3) is 10.6 Å². The Morgan fingerprint density at radius 3 is 2.83 bits per heavy atom. The molecule has 0 aliphatic heterocycles. The molecule has 1 aromatic carbocycles. The van der Waals surface area contributed by atoms with Crippen molar-refractivity contribution in [3.8, 4) is 16.3 Å². The lowest BCUT2D eigenvalue weighted by atomic mass is 10.1. The van der Waals surface area contributed by atoms with E-state index < -0.39 is 0 Å². The summed E-state index contributed by atoms with van der Waals surface area (Å²) < 4.78 is 5.43. The Kier molecular flexibility index (Phi) is 5.27. The highest BCUT2D eigenvalue weighted by molar-refractivity contribution is 7.13. The van der Waals surface area contributed by atoms with Gasteiger partial charge in [0.05, 0.1) is 6.61 Å². The van der Waals surface area contributed by atoms with E-state index in [0.29, 0.717) is 12.3 Å². The van der Waals surface area contributed by atoms with Crippen LogP contribution in [0.5, 0.6) is 5.75 Å².